The summed E-state index contributed by atoms with van der Waals surface area (Å²) in [5.41, 5.74) is 1.91. The zero-order chi connectivity index (χ0) is 9.68. The van der Waals surface area contributed by atoms with Crippen molar-refractivity contribution < 1.29 is 5.11 Å². The molecule has 0 aliphatic heterocycles. The van der Waals surface area contributed by atoms with Crippen molar-refractivity contribution in [2.24, 2.45) is 4.99 Å². The predicted octanol–water partition coefficient (Wildman–Crippen LogP) is 2.41. The number of benzene rings is 1. The van der Waals surface area contributed by atoms with E-state index >= 15 is 0 Å². The highest BCUT2D eigenvalue weighted by molar-refractivity contribution is 5.78. The number of nitrogens with zero attached hydrogens (tertiary/aromatic N) is 1. The van der Waals surface area contributed by atoms with E-state index in [0.717, 1.165) is 11.1 Å². The lowest BCUT2D eigenvalue weighted by Crippen LogP contribution is -1.80. The minimum atomic E-state index is 0.329. The molecular weight excluding hydrogens is 162 g/mol. The van der Waals surface area contributed by atoms with Gasteiger partial charge < -0.3 is 5.11 Å². The molecule has 0 aromatic heterocycles. The Labute approximate surface area is 78.3 Å². The van der Waals surface area contributed by atoms with E-state index < -0.39 is 0 Å². The molecule has 0 heterocycles. The quantitative estimate of drug-likeness (QED) is 0.688. The molecule has 0 radical (unpaired) electrons. The van der Waals surface area contributed by atoms with E-state index in [0.29, 0.717) is 5.75 Å². The van der Waals surface area contributed by atoms with E-state index in [1.54, 1.807) is 19.3 Å². The van der Waals surface area contributed by atoms with Gasteiger partial charge in [-0.15, -0.1) is 0 Å². The summed E-state index contributed by atoms with van der Waals surface area (Å²) >= 11 is 0. The Bertz CT molecular complexity index is 340. The van der Waals surface area contributed by atoms with Gasteiger partial charge in [-0.25, -0.2) is 0 Å². The summed E-state index contributed by atoms with van der Waals surface area (Å²) in [7, 11) is 1.72. The number of hydrogen-bond donors (Lipinski definition) is 1. The summed E-state index contributed by atoms with van der Waals surface area (Å²) in [5.74, 6) is 0.329. The summed E-state index contributed by atoms with van der Waals surface area (Å²) in [5, 5.41) is 9.39. The van der Waals surface area contributed by atoms with Gasteiger partial charge in [0.2, 0.25) is 0 Å². The Balaban J connectivity index is 2.95. The SMILES string of the molecule is CN=C/C=C\c1cccc(O)c1C. The fourth-order valence-electron chi connectivity index (χ4n) is 1.05. The van der Waals surface area contributed by atoms with Crippen LogP contribution in [0.4, 0.5) is 0 Å². The molecule has 0 atom stereocenters. The molecule has 0 aliphatic rings. The number of aromatic hydroxyl groups is 1. The molecule has 1 aromatic rings. The van der Waals surface area contributed by atoms with Crippen molar-refractivity contribution in [3.8, 4) is 5.75 Å². The second kappa shape index (κ2) is 4.45. The highest BCUT2D eigenvalue weighted by Gasteiger charge is 1.97. The van der Waals surface area contributed by atoms with Gasteiger partial charge in [0.1, 0.15) is 5.75 Å². The number of aliphatic imine (C=N–C) groups is 1. The van der Waals surface area contributed by atoms with E-state index in [4.69, 9.17) is 0 Å². The lowest BCUT2D eigenvalue weighted by atomic mass is 10.1. The third-order valence-electron chi connectivity index (χ3n) is 1.86. The molecule has 1 N–H and O–H groups in total. The maximum atomic E-state index is 9.39. The maximum absolute atomic E-state index is 9.39. The van der Waals surface area contributed by atoms with Crippen LogP contribution in [0.15, 0.2) is 29.3 Å². The van der Waals surface area contributed by atoms with Gasteiger partial charge in [0.15, 0.2) is 0 Å². The standard InChI is InChI=1S/C11H13NO/c1-9-10(6-4-8-12-2)5-3-7-11(9)13/h3-8,13H,1-2H3/b6-4-,12-8?. The number of allylic oxidation sites excluding steroid dienone is 1. The summed E-state index contributed by atoms with van der Waals surface area (Å²) in [6, 6.07) is 5.46. The minimum absolute atomic E-state index is 0.329. The van der Waals surface area contributed by atoms with Crippen LogP contribution < -0.4 is 0 Å². The first-order valence-electron chi connectivity index (χ1n) is 4.13. The van der Waals surface area contributed by atoms with Crippen LogP contribution in [0.25, 0.3) is 6.08 Å². The second-order valence-corrected chi connectivity index (χ2v) is 2.76. The number of hydrogen-bond acceptors (Lipinski definition) is 2. The topological polar surface area (TPSA) is 32.6 Å². The average Bonchev–Trinajstić information content (AvgIpc) is 2.13. The molecular formula is C11H13NO. The molecule has 2 nitrogen and oxygen atoms in total. The van der Waals surface area contributed by atoms with Gasteiger partial charge in [0.05, 0.1) is 0 Å². The fraction of sp³-hybridized carbons (Fsp3) is 0.182. The lowest BCUT2D eigenvalue weighted by molar-refractivity contribution is 0.471. The van der Waals surface area contributed by atoms with Crippen LogP contribution in [0.2, 0.25) is 0 Å². The van der Waals surface area contributed by atoms with E-state index in [1.807, 2.05) is 31.2 Å². The van der Waals surface area contributed by atoms with Crippen LogP contribution in [-0.2, 0) is 0 Å². The van der Waals surface area contributed by atoms with Crippen LogP contribution >= 0.6 is 0 Å². The van der Waals surface area contributed by atoms with E-state index in [2.05, 4.69) is 4.99 Å². The monoisotopic (exact) mass is 175 g/mol. The number of phenols is 1. The van der Waals surface area contributed by atoms with Crippen LogP contribution in [0, 0.1) is 6.92 Å². The molecule has 2 heteroatoms. The first kappa shape index (κ1) is 9.52. The van der Waals surface area contributed by atoms with Gasteiger partial charge in [-0.2, -0.15) is 0 Å². The summed E-state index contributed by atoms with van der Waals surface area (Å²) in [6.07, 6.45) is 5.48. The summed E-state index contributed by atoms with van der Waals surface area (Å²) in [6.45, 7) is 1.89. The summed E-state index contributed by atoms with van der Waals surface area (Å²) < 4.78 is 0. The second-order valence-electron chi connectivity index (χ2n) is 2.76. The Kier molecular flexibility index (Phi) is 3.26. The average molecular weight is 175 g/mol. The van der Waals surface area contributed by atoms with Crippen molar-refractivity contribution in [1.29, 1.82) is 0 Å². The van der Waals surface area contributed by atoms with Gasteiger partial charge in [0.25, 0.3) is 0 Å². The molecule has 1 rings (SSSR count). The van der Waals surface area contributed by atoms with Crippen molar-refractivity contribution >= 4 is 12.3 Å². The molecule has 0 aliphatic carbocycles. The largest absolute Gasteiger partial charge is 0.508 e. The van der Waals surface area contributed by atoms with Crippen LogP contribution in [0.3, 0.4) is 0 Å². The van der Waals surface area contributed by atoms with Crippen molar-refractivity contribution in [1.82, 2.24) is 0 Å². The number of phenolic OH excluding ortho intramolecular Hbond substituents is 1. The number of rotatable bonds is 2. The molecule has 13 heavy (non-hydrogen) atoms. The Morgan fingerprint density at radius 2 is 2.15 bits per heavy atom. The zero-order valence-corrected chi connectivity index (χ0v) is 7.86. The fourth-order valence-corrected chi connectivity index (χ4v) is 1.05. The Morgan fingerprint density at radius 3 is 2.85 bits per heavy atom. The molecule has 1 aromatic carbocycles. The van der Waals surface area contributed by atoms with Gasteiger partial charge in [-0.1, -0.05) is 18.2 Å². The first-order chi connectivity index (χ1) is 6.25. The molecule has 0 unspecified atom stereocenters. The highest BCUT2D eigenvalue weighted by atomic mass is 16.3. The normalized spacial score (nSPS) is 11.5. The third-order valence-corrected chi connectivity index (χ3v) is 1.86. The molecule has 0 saturated heterocycles. The first-order valence-corrected chi connectivity index (χ1v) is 4.13. The summed E-state index contributed by atoms with van der Waals surface area (Å²) in [4.78, 5) is 3.83. The van der Waals surface area contributed by atoms with E-state index in [-0.39, 0.29) is 0 Å². The molecule has 0 fully saturated rings. The van der Waals surface area contributed by atoms with Gasteiger partial charge in [-0.05, 0) is 30.2 Å². The van der Waals surface area contributed by atoms with Crippen LogP contribution in [-0.4, -0.2) is 18.4 Å². The molecule has 0 amide bonds. The molecule has 0 saturated carbocycles. The Hall–Kier alpha value is -1.57. The van der Waals surface area contributed by atoms with Crippen molar-refractivity contribution in [2.75, 3.05) is 7.05 Å². The van der Waals surface area contributed by atoms with Crippen molar-refractivity contribution in [3.05, 3.63) is 35.4 Å². The lowest BCUT2D eigenvalue weighted by Gasteiger charge is -2.01. The molecule has 0 spiro atoms. The molecule has 68 valence electrons. The van der Waals surface area contributed by atoms with Crippen LogP contribution in [0.1, 0.15) is 11.1 Å². The van der Waals surface area contributed by atoms with Gasteiger partial charge in [-0.3, -0.25) is 4.99 Å². The smallest absolute Gasteiger partial charge is 0.119 e. The Morgan fingerprint density at radius 1 is 1.38 bits per heavy atom. The van der Waals surface area contributed by atoms with Gasteiger partial charge >= 0.3 is 0 Å². The van der Waals surface area contributed by atoms with Gasteiger partial charge in [0, 0.05) is 13.3 Å². The molecule has 0 bridgehead atoms. The third kappa shape index (κ3) is 2.44. The highest BCUT2D eigenvalue weighted by Crippen LogP contribution is 2.20. The van der Waals surface area contributed by atoms with E-state index in [9.17, 15) is 5.11 Å². The van der Waals surface area contributed by atoms with Crippen LogP contribution in [0.5, 0.6) is 5.75 Å². The van der Waals surface area contributed by atoms with Crippen molar-refractivity contribution in [3.63, 3.8) is 0 Å². The van der Waals surface area contributed by atoms with Crippen molar-refractivity contribution in [2.45, 2.75) is 6.92 Å². The minimum Gasteiger partial charge on any atom is -0.508 e. The maximum Gasteiger partial charge on any atom is 0.119 e. The zero-order valence-electron chi connectivity index (χ0n) is 7.86. The van der Waals surface area contributed by atoms with E-state index in [1.165, 1.54) is 0 Å². The predicted molar refractivity (Wildman–Crippen MR) is 56.3 cm³/mol.